The van der Waals surface area contributed by atoms with Crippen molar-refractivity contribution in [1.82, 2.24) is 20.1 Å². The molecule has 4 rings (SSSR count). The lowest BCUT2D eigenvalue weighted by Crippen LogP contribution is -2.42. The predicted molar refractivity (Wildman–Crippen MR) is 95.8 cm³/mol. The molecule has 2 amide bonds. The van der Waals surface area contributed by atoms with Crippen LogP contribution in [0.3, 0.4) is 0 Å². The zero-order valence-corrected chi connectivity index (χ0v) is 14.7. The smallest absolute Gasteiger partial charge is 0.253 e. The highest BCUT2D eigenvalue weighted by molar-refractivity contribution is 7.17. The van der Waals surface area contributed by atoms with E-state index in [9.17, 15) is 9.59 Å². The van der Waals surface area contributed by atoms with E-state index in [1.165, 1.54) is 11.3 Å². The van der Waals surface area contributed by atoms with Gasteiger partial charge in [-0.15, -0.1) is 11.3 Å². The lowest BCUT2D eigenvalue weighted by atomic mass is 10.2. The number of hydrogen-bond donors (Lipinski definition) is 1. The average molecular weight is 355 g/mol. The Morgan fingerprint density at radius 2 is 2.24 bits per heavy atom. The molecule has 3 aromatic heterocycles. The zero-order valence-electron chi connectivity index (χ0n) is 13.9. The van der Waals surface area contributed by atoms with Crippen molar-refractivity contribution < 1.29 is 9.59 Å². The number of aryl methyl sites for hydroxylation is 2. The molecule has 1 fully saturated rings. The van der Waals surface area contributed by atoms with Gasteiger partial charge in [-0.2, -0.15) is 5.10 Å². The molecule has 1 atom stereocenters. The van der Waals surface area contributed by atoms with Crippen LogP contribution >= 0.6 is 11.3 Å². The fraction of sp³-hybridized carbons (Fsp3) is 0.294. The maximum Gasteiger partial charge on any atom is 0.253 e. The van der Waals surface area contributed by atoms with Gasteiger partial charge in [-0.3, -0.25) is 24.2 Å². The number of aromatic nitrogens is 3. The second-order valence-corrected chi connectivity index (χ2v) is 7.05. The van der Waals surface area contributed by atoms with E-state index in [1.807, 2.05) is 37.6 Å². The summed E-state index contributed by atoms with van der Waals surface area (Å²) in [6, 6.07) is 5.07. The van der Waals surface area contributed by atoms with Crippen LogP contribution in [0, 0.1) is 6.92 Å². The molecule has 1 aliphatic rings. The van der Waals surface area contributed by atoms with Crippen LogP contribution in [0.4, 0.5) is 5.82 Å². The number of amides is 2. The summed E-state index contributed by atoms with van der Waals surface area (Å²) in [4.78, 5) is 31.1. The summed E-state index contributed by atoms with van der Waals surface area (Å²) in [6.07, 6.45) is 2.12. The summed E-state index contributed by atoms with van der Waals surface area (Å²) in [6.45, 7) is 2.45. The third-order valence-electron chi connectivity index (χ3n) is 4.33. The molecule has 7 nitrogen and oxygen atoms in total. The second-order valence-electron chi connectivity index (χ2n) is 6.10. The van der Waals surface area contributed by atoms with Crippen LogP contribution in [0.15, 0.2) is 29.8 Å². The van der Waals surface area contributed by atoms with Crippen molar-refractivity contribution in [3.8, 4) is 0 Å². The van der Waals surface area contributed by atoms with Gasteiger partial charge in [-0.05, 0) is 30.9 Å². The number of thiophene rings is 1. The van der Waals surface area contributed by atoms with Gasteiger partial charge >= 0.3 is 0 Å². The molecule has 8 heteroatoms. The standard InChI is InChI=1S/C17H17N5O2S/c1-10-7-15(21(2)20-10)22-5-3-13(17(22)24)19-16(23)11-8-14-12(18-9-11)4-6-25-14/h4,6-9,13H,3,5H2,1-2H3,(H,19,23). The zero-order chi connectivity index (χ0) is 17.6. The van der Waals surface area contributed by atoms with E-state index in [0.29, 0.717) is 18.5 Å². The highest BCUT2D eigenvalue weighted by Gasteiger charge is 2.35. The number of carbonyl (C=O) groups excluding carboxylic acids is 2. The third kappa shape index (κ3) is 2.78. The fourth-order valence-electron chi connectivity index (χ4n) is 3.10. The molecular weight excluding hydrogens is 338 g/mol. The Kier molecular flexibility index (Phi) is 3.76. The second kappa shape index (κ2) is 5.96. The summed E-state index contributed by atoms with van der Waals surface area (Å²) in [5.41, 5.74) is 2.20. The van der Waals surface area contributed by atoms with Gasteiger partial charge in [0.25, 0.3) is 11.8 Å². The molecule has 0 aromatic carbocycles. The largest absolute Gasteiger partial charge is 0.340 e. The highest BCUT2D eigenvalue weighted by Crippen LogP contribution is 2.23. The van der Waals surface area contributed by atoms with Gasteiger partial charge in [0.1, 0.15) is 11.9 Å². The monoisotopic (exact) mass is 355 g/mol. The van der Waals surface area contributed by atoms with Crippen LogP contribution in [0.5, 0.6) is 0 Å². The van der Waals surface area contributed by atoms with Crippen molar-refractivity contribution in [2.45, 2.75) is 19.4 Å². The molecule has 1 aliphatic heterocycles. The SMILES string of the molecule is Cc1cc(N2CCC(NC(=O)c3cnc4ccsc4c3)C2=O)n(C)n1. The van der Waals surface area contributed by atoms with E-state index in [0.717, 1.165) is 21.7 Å². The van der Waals surface area contributed by atoms with Crippen molar-refractivity contribution >= 4 is 39.2 Å². The Hall–Kier alpha value is -2.74. The number of nitrogens with zero attached hydrogens (tertiary/aromatic N) is 4. The number of fused-ring (bicyclic) bond motifs is 1. The number of hydrogen-bond acceptors (Lipinski definition) is 5. The Balaban J connectivity index is 1.50. The van der Waals surface area contributed by atoms with E-state index >= 15 is 0 Å². The molecular formula is C17H17N5O2S. The lowest BCUT2D eigenvalue weighted by molar-refractivity contribution is -0.118. The van der Waals surface area contributed by atoms with Gasteiger partial charge in [0, 0.05) is 25.9 Å². The van der Waals surface area contributed by atoms with E-state index in [4.69, 9.17) is 0 Å². The maximum atomic E-state index is 12.7. The number of anilines is 1. The van der Waals surface area contributed by atoms with Crippen LogP contribution in [-0.2, 0) is 11.8 Å². The molecule has 0 aliphatic carbocycles. The topological polar surface area (TPSA) is 80.1 Å². The summed E-state index contributed by atoms with van der Waals surface area (Å²) in [7, 11) is 1.81. The summed E-state index contributed by atoms with van der Waals surface area (Å²) in [5, 5.41) is 9.05. The van der Waals surface area contributed by atoms with Crippen LogP contribution in [-0.4, -0.2) is 39.2 Å². The quantitative estimate of drug-likeness (QED) is 0.778. The van der Waals surface area contributed by atoms with Crippen molar-refractivity contribution in [2.75, 3.05) is 11.4 Å². The number of pyridine rings is 1. The predicted octanol–water partition coefficient (Wildman–Crippen LogP) is 1.87. The van der Waals surface area contributed by atoms with Crippen molar-refractivity contribution in [2.24, 2.45) is 7.05 Å². The van der Waals surface area contributed by atoms with Crippen LogP contribution in [0.25, 0.3) is 10.2 Å². The normalized spacial score (nSPS) is 17.4. The van der Waals surface area contributed by atoms with Crippen molar-refractivity contribution in [1.29, 1.82) is 0 Å². The minimum atomic E-state index is -0.526. The third-order valence-corrected chi connectivity index (χ3v) is 5.18. The molecule has 3 aromatic rings. The maximum absolute atomic E-state index is 12.7. The molecule has 1 unspecified atom stereocenters. The molecule has 1 saturated heterocycles. The minimum absolute atomic E-state index is 0.110. The Morgan fingerprint density at radius 3 is 3.00 bits per heavy atom. The van der Waals surface area contributed by atoms with E-state index in [-0.39, 0.29) is 11.8 Å². The summed E-state index contributed by atoms with van der Waals surface area (Å²) >= 11 is 1.54. The number of rotatable bonds is 3. The molecule has 0 radical (unpaired) electrons. The van der Waals surface area contributed by atoms with Crippen molar-refractivity contribution in [3.05, 3.63) is 41.0 Å². The van der Waals surface area contributed by atoms with Crippen molar-refractivity contribution in [3.63, 3.8) is 0 Å². The molecule has 25 heavy (non-hydrogen) atoms. The van der Waals surface area contributed by atoms with Crippen LogP contribution in [0.2, 0.25) is 0 Å². The lowest BCUT2D eigenvalue weighted by Gasteiger charge is -2.17. The summed E-state index contributed by atoms with van der Waals surface area (Å²) < 4.78 is 2.64. The molecule has 128 valence electrons. The summed E-state index contributed by atoms with van der Waals surface area (Å²) in [5.74, 6) is 0.367. The molecule has 4 heterocycles. The highest BCUT2D eigenvalue weighted by atomic mass is 32.1. The molecule has 0 bridgehead atoms. The number of carbonyl (C=O) groups is 2. The van der Waals surface area contributed by atoms with Gasteiger partial charge < -0.3 is 5.32 Å². The first-order valence-electron chi connectivity index (χ1n) is 7.99. The van der Waals surface area contributed by atoms with E-state index < -0.39 is 6.04 Å². The first-order valence-corrected chi connectivity index (χ1v) is 8.87. The number of nitrogens with one attached hydrogen (secondary N) is 1. The van der Waals surface area contributed by atoms with Gasteiger partial charge in [0.2, 0.25) is 0 Å². The molecule has 0 saturated carbocycles. The first-order chi connectivity index (χ1) is 12.0. The molecule has 0 spiro atoms. The Bertz CT molecular complexity index is 976. The van der Waals surface area contributed by atoms with Gasteiger partial charge in [0.15, 0.2) is 0 Å². The fourth-order valence-corrected chi connectivity index (χ4v) is 3.88. The van der Waals surface area contributed by atoms with Gasteiger partial charge in [-0.1, -0.05) is 0 Å². The van der Waals surface area contributed by atoms with Gasteiger partial charge in [0.05, 0.1) is 21.5 Å². The average Bonchev–Trinajstić information content (AvgIpc) is 3.27. The Morgan fingerprint density at radius 1 is 1.40 bits per heavy atom. The van der Waals surface area contributed by atoms with Crippen LogP contribution in [0.1, 0.15) is 22.5 Å². The van der Waals surface area contributed by atoms with Gasteiger partial charge in [-0.25, -0.2) is 0 Å². The minimum Gasteiger partial charge on any atom is -0.340 e. The molecule has 1 N–H and O–H groups in total. The van der Waals surface area contributed by atoms with E-state index in [2.05, 4.69) is 15.4 Å². The first kappa shape index (κ1) is 15.8. The van der Waals surface area contributed by atoms with Crippen LogP contribution < -0.4 is 10.2 Å². The van der Waals surface area contributed by atoms with E-state index in [1.54, 1.807) is 15.8 Å². The Labute approximate surface area is 148 Å².